The van der Waals surface area contributed by atoms with E-state index in [0.29, 0.717) is 23.2 Å². The molecule has 4 heteroatoms. The molecule has 0 fully saturated rings. The molecule has 0 aliphatic carbocycles. The van der Waals surface area contributed by atoms with Crippen molar-refractivity contribution in [2.24, 2.45) is 5.92 Å². The lowest BCUT2D eigenvalue weighted by atomic mass is 9.94. The highest BCUT2D eigenvalue weighted by molar-refractivity contribution is 6.32. The molecule has 142 valence electrons. The second-order valence-corrected chi connectivity index (χ2v) is 7.75. The van der Waals surface area contributed by atoms with Gasteiger partial charge in [-0.15, -0.1) is 0 Å². The Kier molecular flexibility index (Phi) is 7.95. The Bertz CT molecular complexity index is 702. The van der Waals surface area contributed by atoms with Crippen molar-refractivity contribution in [3.8, 4) is 5.75 Å². The molecule has 2 unspecified atom stereocenters. The number of benzene rings is 2. The Morgan fingerprint density at radius 3 is 2.54 bits per heavy atom. The van der Waals surface area contributed by atoms with Crippen molar-refractivity contribution < 1.29 is 9.84 Å². The van der Waals surface area contributed by atoms with Crippen molar-refractivity contribution in [2.75, 3.05) is 13.2 Å². The first kappa shape index (κ1) is 20.8. The predicted molar refractivity (Wildman–Crippen MR) is 109 cm³/mol. The van der Waals surface area contributed by atoms with Gasteiger partial charge < -0.3 is 15.2 Å². The minimum absolute atomic E-state index is 0.207. The van der Waals surface area contributed by atoms with Crippen LogP contribution in [-0.4, -0.2) is 24.4 Å². The summed E-state index contributed by atoms with van der Waals surface area (Å²) in [7, 11) is 0. The number of ether oxygens (including phenoxy) is 1. The second-order valence-electron chi connectivity index (χ2n) is 7.35. The third-order valence-corrected chi connectivity index (χ3v) is 4.70. The van der Waals surface area contributed by atoms with E-state index in [1.807, 2.05) is 25.1 Å². The predicted octanol–water partition coefficient (Wildman–Crippen LogP) is 5.07. The van der Waals surface area contributed by atoms with E-state index in [0.717, 1.165) is 12.0 Å². The van der Waals surface area contributed by atoms with Gasteiger partial charge in [0.25, 0.3) is 0 Å². The maximum atomic E-state index is 10.3. The lowest BCUT2D eigenvalue weighted by Crippen LogP contribution is -2.34. The van der Waals surface area contributed by atoms with Crippen LogP contribution >= 0.6 is 11.6 Å². The molecular formula is C22H30ClNO2. The van der Waals surface area contributed by atoms with Gasteiger partial charge >= 0.3 is 0 Å². The monoisotopic (exact) mass is 375 g/mol. The quantitative estimate of drug-likeness (QED) is 0.642. The molecule has 0 aliphatic heterocycles. The molecule has 0 heterocycles. The Labute approximate surface area is 162 Å². The zero-order valence-electron chi connectivity index (χ0n) is 16.1. The molecule has 2 atom stereocenters. The van der Waals surface area contributed by atoms with Crippen molar-refractivity contribution in [3.05, 3.63) is 64.2 Å². The van der Waals surface area contributed by atoms with E-state index >= 15 is 0 Å². The van der Waals surface area contributed by atoms with E-state index in [2.05, 4.69) is 50.4 Å². The molecule has 0 aliphatic rings. The van der Waals surface area contributed by atoms with E-state index in [1.165, 1.54) is 11.1 Å². The van der Waals surface area contributed by atoms with Gasteiger partial charge in [0.2, 0.25) is 0 Å². The number of hydrogen-bond acceptors (Lipinski definition) is 3. The summed E-state index contributed by atoms with van der Waals surface area (Å²) in [4.78, 5) is 0. The minimum atomic E-state index is -0.606. The third-order valence-electron chi connectivity index (χ3n) is 4.39. The zero-order chi connectivity index (χ0) is 19.1. The lowest BCUT2D eigenvalue weighted by molar-refractivity contribution is 0.102. The van der Waals surface area contributed by atoms with Crippen LogP contribution in [0.25, 0.3) is 0 Å². The van der Waals surface area contributed by atoms with E-state index in [1.54, 1.807) is 0 Å². The van der Waals surface area contributed by atoms with Crippen molar-refractivity contribution >= 4 is 11.6 Å². The Morgan fingerprint density at radius 1 is 1.12 bits per heavy atom. The summed E-state index contributed by atoms with van der Waals surface area (Å²) >= 11 is 6.14. The van der Waals surface area contributed by atoms with Gasteiger partial charge in [-0.3, -0.25) is 0 Å². The highest BCUT2D eigenvalue weighted by Gasteiger charge is 2.17. The first-order valence-corrected chi connectivity index (χ1v) is 9.60. The Balaban J connectivity index is 1.93. The van der Waals surface area contributed by atoms with Crippen molar-refractivity contribution in [1.82, 2.24) is 5.32 Å². The van der Waals surface area contributed by atoms with E-state index in [4.69, 9.17) is 16.3 Å². The van der Waals surface area contributed by atoms with Crippen molar-refractivity contribution in [3.63, 3.8) is 0 Å². The maximum absolute atomic E-state index is 10.3. The van der Waals surface area contributed by atoms with Crippen LogP contribution in [0.2, 0.25) is 5.02 Å². The molecule has 2 N–H and O–H groups in total. The topological polar surface area (TPSA) is 41.5 Å². The number of rotatable bonds is 9. The summed E-state index contributed by atoms with van der Waals surface area (Å²) < 4.78 is 5.70. The fourth-order valence-electron chi connectivity index (χ4n) is 3.01. The fourth-order valence-corrected chi connectivity index (χ4v) is 3.19. The highest BCUT2D eigenvalue weighted by atomic mass is 35.5. The number of aryl methyl sites for hydroxylation is 2. The number of halogens is 1. The van der Waals surface area contributed by atoms with Crippen LogP contribution in [-0.2, 0) is 0 Å². The highest BCUT2D eigenvalue weighted by Crippen LogP contribution is 2.26. The zero-order valence-corrected chi connectivity index (χ0v) is 16.9. The van der Waals surface area contributed by atoms with Crippen molar-refractivity contribution in [1.29, 1.82) is 0 Å². The summed E-state index contributed by atoms with van der Waals surface area (Å²) in [6, 6.07) is 14.3. The van der Waals surface area contributed by atoms with E-state index < -0.39 is 6.10 Å². The lowest BCUT2D eigenvalue weighted by Gasteiger charge is -2.24. The Hall–Kier alpha value is -1.55. The number of nitrogens with one attached hydrogen (secondary N) is 1. The minimum Gasteiger partial charge on any atom is -0.489 e. The van der Waals surface area contributed by atoms with Gasteiger partial charge in [-0.05, 0) is 55.0 Å². The summed E-state index contributed by atoms with van der Waals surface area (Å²) in [5.41, 5.74) is 3.63. The van der Waals surface area contributed by atoms with Gasteiger partial charge in [0.1, 0.15) is 18.5 Å². The standard InChI is InChI=1S/C22H30ClNO2/c1-15(2)11-21(19-8-6-5-7-17(19)4)24-13-18(25)14-26-22-12-16(3)9-10-20(22)23/h5-10,12,15,18,21,24-25H,11,13-14H2,1-4H3. The molecule has 2 aromatic rings. The molecule has 0 radical (unpaired) electrons. The van der Waals surface area contributed by atoms with Crippen LogP contribution in [0.15, 0.2) is 42.5 Å². The molecule has 3 nitrogen and oxygen atoms in total. The van der Waals surface area contributed by atoms with E-state index in [9.17, 15) is 5.11 Å². The third kappa shape index (κ3) is 6.31. The smallest absolute Gasteiger partial charge is 0.138 e. The molecule has 0 saturated heterocycles. The first-order valence-electron chi connectivity index (χ1n) is 9.22. The Morgan fingerprint density at radius 2 is 1.85 bits per heavy atom. The molecule has 2 rings (SSSR count). The molecule has 2 aromatic carbocycles. The SMILES string of the molecule is Cc1ccc(Cl)c(OCC(O)CNC(CC(C)C)c2ccccc2C)c1. The van der Waals surface area contributed by atoms with Crippen LogP contribution in [0.4, 0.5) is 0 Å². The summed E-state index contributed by atoms with van der Waals surface area (Å²) in [6.07, 6.45) is 0.410. The van der Waals surface area contributed by atoms with Gasteiger partial charge in [-0.2, -0.15) is 0 Å². The van der Waals surface area contributed by atoms with Gasteiger partial charge in [-0.25, -0.2) is 0 Å². The average molecular weight is 376 g/mol. The van der Waals surface area contributed by atoms with E-state index in [-0.39, 0.29) is 12.6 Å². The summed E-state index contributed by atoms with van der Waals surface area (Å²) in [5, 5.41) is 14.4. The molecule has 0 aromatic heterocycles. The van der Waals surface area contributed by atoms with Crippen LogP contribution in [0, 0.1) is 19.8 Å². The molecular weight excluding hydrogens is 346 g/mol. The van der Waals surface area contributed by atoms with Gasteiger partial charge in [-0.1, -0.05) is 55.8 Å². The maximum Gasteiger partial charge on any atom is 0.138 e. The second kappa shape index (κ2) is 9.96. The molecule has 0 saturated carbocycles. The summed E-state index contributed by atoms with van der Waals surface area (Å²) in [5.74, 6) is 1.18. The normalized spacial score (nSPS) is 13.7. The molecule has 0 amide bonds. The van der Waals surface area contributed by atoms with Gasteiger partial charge in [0.05, 0.1) is 5.02 Å². The van der Waals surface area contributed by atoms with Crippen LogP contribution in [0.5, 0.6) is 5.75 Å². The van der Waals surface area contributed by atoms with Crippen molar-refractivity contribution in [2.45, 2.75) is 46.3 Å². The molecule has 0 spiro atoms. The largest absolute Gasteiger partial charge is 0.489 e. The fraction of sp³-hybridized carbons (Fsp3) is 0.455. The summed E-state index contributed by atoms with van der Waals surface area (Å²) in [6.45, 7) is 9.22. The van der Waals surface area contributed by atoms with Gasteiger partial charge in [0, 0.05) is 12.6 Å². The van der Waals surface area contributed by atoms with Crippen LogP contribution < -0.4 is 10.1 Å². The number of aliphatic hydroxyl groups is 1. The average Bonchev–Trinajstić information content (AvgIpc) is 2.59. The van der Waals surface area contributed by atoms with Crippen LogP contribution in [0.1, 0.15) is 43.0 Å². The molecule has 26 heavy (non-hydrogen) atoms. The molecule has 0 bridgehead atoms. The number of hydrogen-bond donors (Lipinski definition) is 2. The number of aliphatic hydroxyl groups excluding tert-OH is 1. The first-order chi connectivity index (χ1) is 12.4. The van der Waals surface area contributed by atoms with Crippen LogP contribution in [0.3, 0.4) is 0 Å². The van der Waals surface area contributed by atoms with Gasteiger partial charge in [0.15, 0.2) is 0 Å².